The average molecular weight is 837 g/mol. The Morgan fingerprint density at radius 2 is 1.26 bits per heavy atom. The van der Waals surface area contributed by atoms with Gasteiger partial charge in [0.2, 0.25) is 0 Å². The molecule has 0 saturated carbocycles. The van der Waals surface area contributed by atoms with E-state index in [9.17, 15) is 27.3 Å². The molecule has 0 bridgehead atoms. The van der Waals surface area contributed by atoms with E-state index in [-0.39, 0.29) is 40.1 Å². The molecule has 5 rings (SSSR count). The molecule has 16 heteroatoms. The van der Waals surface area contributed by atoms with E-state index in [0.717, 1.165) is 16.9 Å². The fraction of sp³-hybridized carbons (Fsp3) is 0.316. The van der Waals surface area contributed by atoms with Gasteiger partial charge in [0.05, 0.1) is 0 Å². The number of nitrogens with one attached hydrogen (secondary N) is 1. The fourth-order valence-corrected chi connectivity index (χ4v) is 8.57. The van der Waals surface area contributed by atoms with Crippen molar-refractivity contribution in [2.24, 2.45) is 0 Å². The molecule has 1 saturated heterocycles. The van der Waals surface area contributed by atoms with E-state index >= 15 is 0 Å². The molecule has 11 nitrogen and oxygen atoms in total. The van der Waals surface area contributed by atoms with Gasteiger partial charge in [-0.2, -0.15) is 0 Å². The molecular formula is C38H39F3NO10PSe. The molecule has 1 fully saturated rings. The summed E-state index contributed by atoms with van der Waals surface area (Å²) < 4.78 is 98.0. The Morgan fingerprint density at radius 3 is 1.76 bits per heavy atom. The van der Waals surface area contributed by atoms with Crippen molar-refractivity contribution in [2.75, 3.05) is 6.79 Å². The molecular weight excluding hydrogens is 797 g/mol. The van der Waals surface area contributed by atoms with E-state index in [1.54, 1.807) is 84.9 Å². The van der Waals surface area contributed by atoms with Gasteiger partial charge in [-0.25, -0.2) is 0 Å². The topological polar surface area (TPSA) is 128 Å². The summed E-state index contributed by atoms with van der Waals surface area (Å²) in [6.07, 6.45) is -11.3. The van der Waals surface area contributed by atoms with Crippen molar-refractivity contribution in [3.63, 3.8) is 0 Å². The number of benzene rings is 4. The number of esters is 1. The maximum atomic E-state index is 14.5. The van der Waals surface area contributed by atoms with E-state index in [4.69, 9.17) is 32.5 Å². The summed E-state index contributed by atoms with van der Waals surface area (Å²) >= 11 is -0.331. The molecule has 0 unspecified atom stereocenters. The van der Waals surface area contributed by atoms with Gasteiger partial charge in [-0.05, 0) is 0 Å². The monoisotopic (exact) mass is 837 g/mol. The van der Waals surface area contributed by atoms with Gasteiger partial charge in [-0.15, -0.1) is 0 Å². The molecule has 1 amide bonds. The molecule has 54 heavy (non-hydrogen) atoms. The van der Waals surface area contributed by atoms with Crippen molar-refractivity contribution in [2.45, 2.75) is 68.9 Å². The first-order valence-corrected chi connectivity index (χ1v) is 20.3. The zero-order valence-corrected chi connectivity index (χ0v) is 31.6. The summed E-state index contributed by atoms with van der Waals surface area (Å²) in [6.45, 7) is 0.132. The van der Waals surface area contributed by atoms with Crippen LogP contribution in [0.4, 0.5) is 13.2 Å². The van der Waals surface area contributed by atoms with E-state index < -0.39 is 63.3 Å². The third-order valence-electron chi connectivity index (χ3n) is 7.81. The number of phosphoric acid groups is 1. The average Bonchev–Trinajstić information content (AvgIpc) is 3.17. The maximum absolute atomic E-state index is 14.5. The molecule has 0 spiro atoms. The first kappa shape index (κ1) is 41.3. The van der Waals surface area contributed by atoms with Gasteiger partial charge in [0.15, 0.2) is 0 Å². The number of phosphoric ester groups is 1. The quantitative estimate of drug-likeness (QED) is 0.0404. The Balaban J connectivity index is 1.49. The summed E-state index contributed by atoms with van der Waals surface area (Å²) in [4.78, 5) is 25.1. The van der Waals surface area contributed by atoms with Crippen LogP contribution < -0.4 is 9.78 Å². The first-order chi connectivity index (χ1) is 26.0. The molecule has 0 aliphatic carbocycles. The summed E-state index contributed by atoms with van der Waals surface area (Å²) in [5.74, 6) is -3.16. The molecule has 4 aromatic rings. The van der Waals surface area contributed by atoms with Crippen molar-refractivity contribution in [1.29, 1.82) is 0 Å². The number of hydrogen-bond acceptors (Lipinski definition) is 10. The van der Waals surface area contributed by atoms with E-state index in [1.807, 2.05) is 41.7 Å². The second kappa shape index (κ2) is 20.2. The second-order valence-electron chi connectivity index (χ2n) is 11.9. The molecule has 0 radical (unpaired) electrons. The number of rotatable bonds is 18. The summed E-state index contributed by atoms with van der Waals surface area (Å²) in [5, 5.41) is 2.07. The molecule has 0 aromatic heterocycles. The third-order valence-corrected chi connectivity index (χ3v) is 11.5. The predicted molar refractivity (Wildman–Crippen MR) is 191 cm³/mol. The molecule has 288 valence electrons. The van der Waals surface area contributed by atoms with E-state index in [0.29, 0.717) is 11.1 Å². The second-order valence-corrected chi connectivity index (χ2v) is 15.8. The summed E-state index contributed by atoms with van der Waals surface area (Å²) in [6, 6.07) is 33.8. The summed E-state index contributed by atoms with van der Waals surface area (Å²) in [7, 11) is -4.74. The van der Waals surface area contributed by atoms with Crippen LogP contribution in [0.5, 0.6) is 0 Å². The molecule has 1 aliphatic rings. The van der Waals surface area contributed by atoms with Crippen LogP contribution in [0.2, 0.25) is 5.32 Å². The van der Waals surface area contributed by atoms with Gasteiger partial charge in [-0.1, -0.05) is 0 Å². The number of carbonyl (C=O) groups is 2. The molecule has 1 aliphatic heterocycles. The number of carbonyl (C=O) groups excluding carboxylic acids is 2. The minimum absolute atomic E-state index is 0.0677. The Hall–Kier alpha value is -3.88. The van der Waals surface area contributed by atoms with Crippen molar-refractivity contribution in [1.82, 2.24) is 5.32 Å². The number of ether oxygens (including phenoxy) is 4. The molecule has 5 atom stereocenters. The predicted octanol–water partition coefficient (Wildman–Crippen LogP) is 6.26. The van der Waals surface area contributed by atoms with Crippen molar-refractivity contribution >= 4 is 39.1 Å². The Kier molecular flexibility index (Phi) is 15.4. The minimum atomic E-state index is -5.36. The number of hydrogen-bond donors (Lipinski definition) is 1. The SMILES string of the molecule is CC(=O)O[C@H]1[C@H](OCOCc2ccccc2)[C@@H](NC(=O)C(F)(F)F)[C@@H](OP(=O)(OCc2ccccc2)OCc2ccccc2)O[C@@H]1C[Se]c1ccccc1. The normalized spacial score (nSPS) is 20.3. The Labute approximate surface area is 317 Å². The van der Waals surface area contributed by atoms with Crippen LogP contribution in [0, 0.1) is 0 Å². The van der Waals surface area contributed by atoms with Crippen LogP contribution >= 0.6 is 7.82 Å². The molecule has 1 N–H and O–H groups in total. The van der Waals surface area contributed by atoms with E-state index in [2.05, 4.69) is 0 Å². The zero-order valence-electron chi connectivity index (χ0n) is 29.0. The van der Waals surface area contributed by atoms with Crippen LogP contribution in [-0.4, -0.2) is 70.4 Å². The third kappa shape index (κ3) is 12.9. The van der Waals surface area contributed by atoms with Crippen LogP contribution in [0.25, 0.3) is 0 Å². The van der Waals surface area contributed by atoms with Gasteiger partial charge in [0.1, 0.15) is 0 Å². The Morgan fingerprint density at radius 1 is 0.759 bits per heavy atom. The van der Waals surface area contributed by atoms with Gasteiger partial charge in [0.25, 0.3) is 0 Å². The van der Waals surface area contributed by atoms with Gasteiger partial charge in [0, 0.05) is 0 Å². The van der Waals surface area contributed by atoms with Crippen molar-refractivity contribution < 1.29 is 59.8 Å². The fourth-order valence-electron chi connectivity index (χ4n) is 5.28. The van der Waals surface area contributed by atoms with Crippen molar-refractivity contribution in [3.05, 3.63) is 138 Å². The van der Waals surface area contributed by atoms with Crippen LogP contribution in [0.15, 0.2) is 121 Å². The van der Waals surface area contributed by atoms with Gasteiger partial charge >= 0.3 is 318 Å². The zero-order chi connectivity index (χ0) is 38.4. The molecule has 4 aromatic carbocycles. The number of amides is 1. The summed E-state index contributed by atoms with van der Waals surface area (Å²) in [5.41, 5.74) is 1.96. The van der Waals surface area contributed by atoms with Gasteiger partial charge < -0.3 is 0 Å². The van der Waals surface area contributed by atoms with E-state index in [1.165, 1.54) is 0 Å². The first-order valence-electron chi connectivity index (χ1n) is 16.8. The molecule has 1 heterocycles. The van der Waals surface area contributed by atoms with Crippen LogP contribution in [0.1, 0.15) is 23.6 Å². The number of alkyl halides is 3. The van der Waals surface area contributed by atoms with Crippen molar-refractivity contribution in [3.8, 4) is 0 Å². The van der Waals surface area contributed by atoms with Crippen LogP contribution in [0.3, 0.4) is 0 Å². The van der Waals surface area contributed by atoms with Gasteiger partial charge in [-0.3, -0.25) is 0 Å². The Bertz CT molecular complexity index is 1750. The standard InChI is InChI=1S/C38H39F3NO10PSe/c1-27(43)50-34-32(25-54-31-20-12-5-13-21-31)51-36(33(42-37(44)38(39,40)41)35(34)47-26-46-22-28-14-6-2-7-15-28)52-53(45,48-23-29-16-8-3-9-17-29)49-24-30-18-10-4-11-19-30/h2-21,32-36H,22-26H2,1H3,(H,42,44)/t32-,33-,34-,35-,36-/m1/s1. The number of halogens is 3. The van der Waals surface area contributed by atoms with Crippen LogP contribution in [-0.2, 0) is 66.5 Å².